The van der Waals surface area contributed by atoms with Crippen molar-refractivity contribution in [3.63, 3.8) is 0 Å². The summed E-state index contributed by atoms with van der Waals surface area (Å²) in [5.41, 5.74) is 2.71. The van der Waals surface area contributed by atoms with Gasteiger partial charge in [-0.15, -0.1) is 0 Å². The minimum atomic E-state index is -2.95. The van der Waals surface area contributed by atoms with E-state index in [1.54, 1.807) is 0 Å². The van der Waals surface area contributed by atoms with Crippen LogP contribution >= 0.6 is 0 Å². The summed E-state index contributed by atoms with van der Waals surface area (Å²) in [7, 11) is 1.34. The Morgan fingerprint density at radius 2 is 2.00 bits per heavy atom. The summed E-state index contributed by atoms with van der Waals surface area (Å²) in [5.74, 6) is -0.280. The molecule has 1 amide bonds. The van der Waals surface area contributed by atoms with Crippen molar-refractivity contribution >= 4 is 5.91 Å². The molecule has 0 fully saturated rings. The van der Waals surface area contributed by atoms with Gasteiger partial charge in [0.05, 0.1) is 13.2 Å². The van der Waals surface area contributed by atoms with Crippen LogP contribution in [0.2, 0.25) is 0 Å². The number of hydrogen-bond acceptors (Lipinski definition) is 3. The number of methoxy groups -OCH3 is 1. The van der Waals surface area contributed by atoms with Gasteiger partial charge in [-0.25, -0.2) is 0 Å². The highest BCUT2D eigenvalue weighted by molar-refractivity contribution is 5.95. The lowest BCUT2D eigenvalue weighted by Crippen LogP contribution is -2.31. The Morgan fingerprint density at radius 1 is 1.20 bits per heavy atom. The molecule has 1 N–H and O–H groups in total. The third kappa shape index (κ3) is 3.90. The lowest BCUT2D eigenvalue weighted by atomic mass is 9.87. The average Bonchev–Trinajstić information content (AvgIpc) is 2.62. The molecule has 0 saturated carbocycles. The van der Waals surface area contributed by atoms with Crippen molar-refractivity contribution in [1.29, 1.82) is 0 Å². The van der Waals surface area contributed by atoms with Crippen LogP contribution in [0.5, 0.6) is 11.5 Å². The molecule has 1 aliphatic rings. The second-order valence-corrected chi connectivity index (χ2v) is 5.86. The summed E-state index contributed by atoms with van der Waals surface area (Å²) in [6.45, 7) is -2.95. The van der Waals surface area contributed by atoms with Crippen molar-refractivity contribution in [3.05, 3.63) is 59.2 Å². The minimum absolute atomic E-state index is 0.0552. The molecule has 1 aliphatic carbocycles. The highest BCUT2D eigenvalue weighted by atomic mass is 19.3. The fourth-order valence-corrected chi connectivity index (χ4v) is 3.15. The molecular formula is C19H19F2NO3. The van der Waals surface area contributed by atoms with Gasteiger partial charge in [-0.05, 0) is 48.6 Å². The number of amides is 1. The summed E-state index contributed by atoms with van der Waals surface area (Å²) in [5, 5.41) is 3.02. The van der Waals surface area contributed by atoms with E-state index in [1.165, 1.54) is 30.9 Å². The van der Waals surface area contributed by atoms with E-state index < -0.39 is 6.61 Å². The molecule has 0 heterocycles. The van der Waals surface area contributed by atoms with Crippen molar-refractivity contribution < 1.29 is 23.0 Å². The monoisotopic (exact) mass is 347 g/mol. The summed E-state index contributed by atoms with van der Waals surface area (Å²) < 4.78 is 34.2. The van der Waals surface area contributed by atoms with E-state index in [1.807, 2.05) is 18.2 Å². The first-order valence-corrected chi connectivity index (χ1v) is 8.10. The van der Waals surface area contributed by atoms with Crippen LogP contribution in [0.15, 0.2) is 42.5 Å². The zero-order valence-corrected chi connectivity index (χ0v) is 13.8. The Balaban J connectivity index is 1.78. The van der Waals surface area contributed by atoms with Crippen molar-refractivity contribution in [2.75, 3.05) is 7.11 Å². The quantitative estimate of drug-likeness (QED) is 0.886. The summed E-state index contributed by atoms with van der Waals surface area (Å²) in [6, 6.07) is 12.2. The third-order valence-electron chi connectivity index (χ3n) is 4.32. The molecule has 3 rings (SSSR count). The summed E-state index contributed by atoms with van der Waals surface area (Å²) in [6.07, 6.45) is 2.88. The highest BCUT2D eigenvalue weighted by Crippen LogP contribution is 2.32. The van der Waals surface area contributed by atoms with Crippen molar-refractivity contribution in [2.24, 2.45) is 0 Å². The van der Waals surface area contributed by atoms with Crippen LogP contribution in [-0.4, -0.2) is 19.6 Å². The van der Waals surface area contributed by atoms with Crippen molar-refractivity contribution in [2.45, 2.75) is 31.9 Å². The largest absolute Gasteiger partial charge is 0.493 e. The molecule has 0 radical (unpaired) electrons. The number of nitrogens with one attached hydrogen (secondary N) is 1. The summed E-state index contributed by atoms with van der Waals surface area (Å²) in [4.78, 5) is 12.6. The fraction of sp³-hybridized carbons (Fsp3) is 0.316. The second kappa shape index (κ2) is 7.51. The van der Waals surface area contributed by atoms with Crippen LogP contribution in [0, 0.1) is 0 Å². The van der Waals surface area contributed by atoms with E-state index in [4.69, 9.17) is 4.74 Å². The van der Waals surface area contributed by atoms with Gasteiger partial charge in [0.1, 0.15) is 0 Å². The molecule has 0 spiro atoms. The van der Waals surface area contributed by atoms with Crippen molar-refractivity contribution in [3.8, 4) is 11.5 Å². The van der Waals surface area contributed by atoms with E-state index in [0.29, 0.717) is 5.56 Å². The number of rotatable bonds is 5. The number of hydrogen-bond donors (Lipinski definition) is 1. The number of carbonyl (C=O) groups excluding carboxylic acids is 1. The van der Waals surface area contributed by atoms with Gasteiger partial charge in [0.25, 0.3) is 5.91 Å². The summed E-state index contributed by atoms with van der Waals surface area (Å²) >= 11 is 0. The number of benzene rings is 2. The van der Waals surface area contributed by atoms with E-state index in [-0.39, 0.29) is 23.4 Å². The van der Waals surface area contributed by atoms with Gasteiger partial charge in [0, 0.05) is 5.56 Å². The second-order valence-electron chi connectivity index (χ2n) is 5.86. The molecule has 0 aliphatic heterocycles. The molecule has 2 aromatic rings. The van der Waals surface area contributed by atoms with Crippen LogP contribution in [0.25, 0.3) is 0 Å². The first-order valence-electron chi connectivity index (χ1n) is 8.10. The smallest absolute Gasteiger partial charge is 0.387 e. The highest BCUT2D eigenvalue weighted by Gasteiger charge is 2.22. The van der Waals surface area contributed by atoms with Crippen LogP contribution in [0.4, 0.5) is 8.78 Å². The minimum Gasteiger partial charge on any atom is -0.493 e. The van der Waals surface area contributed by atoms with E-state index in [9.17, 15) is 13.6 Å². The van der Waals surface area contributed by atoms with Gasteiger partial charge in [0.2, 0.25) is 0 Å². The van der Waals surface area contributed by atoms with E-state index in [2.05, 4.69) is 16.1 Å². The number of ether oxygens (including phenoxy) is 2. The first-order chi connectivity index (χ1) is 12.1. The molecule has 0 bridgehead atoms. The van der Waals surface area contributed by atoms with Gasteiger partial charge >= 0.3 is 6.61 Å². The van der Waals surface area contributed by atoms with Gasteiger partial charge in [0.15, 0.2) is 11.5 Å². The number of fused-ring (bicyclic) bond motifs is 1. The maximum absolute atomic E-state index is 12.6. The maximum Gasteiger partial charge on any atom is 0.387 e. The van der Waals surface area contributed by atoms with Crippen LogP contribution in [0.1, 0.15) is 40.4 Å². The maximum atomic E-state index is 12.6. The first kappa shape index (κ1) is 17.2. The molecule has 0 aromatic heterocycles. The lowest BCUT2D eigenvalue weighted by molar-refractivity contribution is -0.0512. The van der Waals surface area contributed by atoms with Gasteiger partial charge in [-0.2, -0.15) is 8.78 Å². The molecule has 25 heavy (non-hydrogen) atoms. The number of alkyl halides is 2. The average molecular weight is 347 g/mol. The number of aryl methyl sites for hydroxylation is 1. The zero-order valence-electron chi connectivity index (χ0n) is 13.8. The van der Waals surface area contributed by atoms with Crippen LogP contribution in [-0.2, 0) is 6.42 Å². The third-order valence-corrected chi connectivity index (χ3v) is 4.32. The van der Waals surface area contributed by atoms with Gasteiger partial charge in [-0.1, -0.05) is 24.3 Å². The Kier molecular flexibility index (Phi) is 5.16. The Bertz CT molecular complexity index is 764. The molecule has 0 saturated heterocycles. The molecule has 4 nitrogen and oxygen atoms in total. The van der Waals surface area contributed by atoms with Crippen LogP contribution in [0.3, 0.4) is 0 Å². The Morgan fingerprint density at radius 3 is 2.76 bits per heavy atom. The normalized spacial score (nSPS) is 16.2. The molecule has 1 atom stereocenters. The number of carbonyl (C=O) groups is 1. The van der Waals surface area contributed by atoms with E-state index in [0.717, 1.165) is 24.8 Å². The van der Waals surface area contributed by atoms with Crippen LogP contribution < -0.4 is 14.8 Å². The Hall–Kier alpha value is -2.63. The number of halogens is 2. The Labute approximate surface area is 144 Å². The van der Waals surface area contributed by atoms with Gasteiger partial charge in [-0.3, -0.25) is 4.79 Å². The van der Waals surface area contributed by atoms with Crippen molar-refractivity contribution in [1.82, 2.24) is 5.32 Å². The molecule has 132 valence electrons. The lowest BCUT2D eigenvalue weighted by Gasteiger charge is -2.26. The molecule has 0 unspecified atom stereocenters. The predicted molar refractivity (Wildman–Crippen MR) is 89.2 cm³/mol. The van der Waals surface area contributed by atoms with Gasteiger partial charge < -0.3 is 14.8 Å². The molecule has 6 heteroatoms. The topological polar surface area (TPSA) is 47.6 Å². The molecular weight excluding hydrogens is 328 g/mol. The standard InChI is InChI=1S/C19H19F2NO3/c1-24-17-11-13(9-10-16(17)25-19(20)21)18(23)22-15-8-4-6-12-5-2-3-7-14(12)15/h2-3,5,7,9-11,15,19H,4,6,8H2,1H3,(H,22,23)/t15-/m0/s1. The zero-order chi connectivity index (χ0) is 17.8. The fourth-order valence-electron chi connectivity index (χ4n) is 3.15. The SMILES string of the molecule is COc1cc(C(=O)N[C@H]2CCCc3ccccc32)ccc1OC(F)F. The predicted octanol–water partition coefficient (Wildman–Crippen LogP) is 4.10. The molecule has 2 aromatic carbocycles. The van der Waals surface area contributed by atoms with E-state index >= 15 is 0 Å².